The van der Waals surface area contributed by atoms with Crippen molar-refractivity contribution in [1.29, 1.82) is 0 Å². The molecule has 1 aromatic carbocycles. The maximum Gasteiger partial charge on any atom is 0.353 e. The highest BCUT2D eigenvalue weighted by Crippen LogP contribution is 2.24. The molecule has 0 radical (unpaired) electrons. The Morgan fingerprint density at radius 3 is 2.11 bits per heavy atom. The van der Waals surface area contributed by atoms with Crippen molar-refractivity contribution in [3.05, 3.63) is 35.0 Å². The smallest absolute Gasteiger partial charge is 0.353 e. The first kappa shape index (κ1) is 11.6. The van der Waals surface area contributed by atoms with Crippen LogP contribution in [0, 0.1) is 0 Å². The molecule has 92 valence electrons. The molecule has 18 heavy (non-hydrogen) atoms. The maximum absolute atomic E-state index is 11.0. The lowest BCUT2D eigenvalue weighted by Crippen LogP contribution is -2.06. The molecule has 4 N–H and O–H groups in total. The van der Waals surface area contributed by atoms with Crippen LogP contribution in [0.1, 0.15) is 31.2 Å². The molecule has 7 nitrogen and oxygen atoms in total. The molecule has 0 aliphatic rings. The second kappa shape index (κ2) is 3.88. The molecule has 0 aliphatic heterocycles. The molecule has 0 unspecified atom stereocenters. The standard InChI is InChI=1S/C11H7NO6/c13-9(14)4-1-2-5-6(3-4)12-8(11(17)18)7(5)10(15)16/h1-3,12H,(H,13,14)(H,15,16)(H,17,18). The van der Waals surface area contributed by atoms with Crippen molar-refractivity contribution in [2.45, 2.75) is 0 Å². The van der Waals surface area contributed by atoms with Gasteiger partial charge < -0.3 is 20.3 Å². The summed E-state index contributed by atoms with van der Waals surface area (Å²) in [7, 11) is 0. The lowest BCUT2D eigenvalue weighted by atomic mass is 10.1. The normalized spacial score (nSPS) is 10.4. The van der Waals surface area contributed by atoms with Gasteiger partial charge in [-0.2, -0.15) is 0 Å². The van der Waals surface area contributed by atoms with Gasteiger partial charge in [0, 0.05) is 10.9 Å². The molecule has 0 atom stereocenters. The second-order valence-electron chi connectivity index (χ2n) is 3.55. The van der Waals surface area contributed by atoms with Crippen molar-refractivity contribution in [2.24, 2.45) is 0 Å². The average Bonchev–Trinajstić information content (AvgIpc) is 2.66. The monoisotopic (exact) mass is 249 g/mol. The quantitative estimate of drug-likeness (QED) is 0.648. The van der Waals surface area contributed by atoms with E-state index in [2.05, 4.69) is 4.98 Å². The molecule has 7 heteroatoms. The number of fused-ring (bicyclic) bond motifs is 1. The highest BCUT2D eigenvalue weighted by molar-refractivity contribution is 6.12. The minimum absolute atomic E-state index is 0.0578. The van der Waals surface area contributed by atoms with Crippen LogP contribution >= 0.6 is 0 Å². The SMILES string of the molecule is O=C(O)c1ccc2c(C(=O)O)c(C(=O)O)[nH]c2c1. The summed E-state index contributed by atoms with van der Waals surface area (Å²) in [5, 5.41) is 26.8. The first-order chi connectivity index (χ1) is 8.41. The van der Waals surface area contributed by atoms with Crippen LogP contribution in [0.3, 0.4) is 0 Å². The number of hydrogen-bond donors (Lipinski definition) is 4. The molecule has 0 bridgehead atoms. The van der Waals surface area contributed by atoms with E-state index >= 15 is 0 Å². The van der Waals surface area contributed by atoms with Crippen LogP contribution in [0.15, 0.2) is 18.2 Å². The Hall–Kier alpha value is -2.83. The highest BCUT2D eigenvalue weighted by atomic mass is 16.4. The number of aromatic amines is 1. The summed E-state index contributed by atoms with van der Waals surface area (Å²) in [5.41, 5.74) is -0.753. The fraction of sp³-hybridized carbons (Fsp3) is 0. The third kappa shape index (κ3) is 1.67. The topological polar surface area (TPSA) is 128 Å². The summed E-state index contributed by atoms with van der Waals surface area (Å²) in [5.74, 6) is -3.98. The number of carboxylic acids is 3. The summed E-state index contributed by atoms with van der Waals surface area (Å²) in [4.78, 5) is 35.1. The Balaban J connectivity index is 2.80. The van der Waals surface area contributed by atoms with E-state index in [4.69, 9.17) is 15.3 Å². The van der Waals surface area contributed by atoms with E-state index in [1.807, 2.05) is 0 Å². The van der Waals surface area contributed by atoms with Crippen molar-refractivity contribution < 1.29 is 29.7 Å². The van der Waals surface area contributed by atoms with E-state index in [9.17, 15) is 14.4 Å². The maximum atomic E-state index is 11.0. The van der Waals surface area contributed by atoms with E-state index in [0.717, 1.165) is 0 Å². The predicted octanol–water partition coefficient (Wildman–Crippen LogP) is 1.26. The first-order valence-electron chi connectivity index (χ1n) is 4.77. The molecule has 1 aromatic heterocycles. The molecular weight excluding hydrogens is 242 g/mol. The number of nitrogens with one attached hydrogen (secondary N) is 1. The fourth-order valence-electron chi connectivity index (χ4n) is 1.71. The Morgan fingerprint density at radius 2 is 1.61 bits per heavy atom. The molecule has 0 saturated carbocycles. The minimum atomic E-state index is -1.42. The Kier molecular flexibility index (Phi) is 2.51. The Labute approximate surface area is 99.3 Å². The van der Waals surface area contributed by atoms with Crippen molar-refractivity contribution in [2.75, 3.05) is 0 Å². The van der Waals surface area contributed by atoms with E-state index < -0.39 is 23.6 Å². The minimum Gasteiger partial charge on any atom is -0.478 e. The molecule has 0 fully saturated rings. The van der Waals surface area contributed by atoms with Gasteiger partial charge in [0.2, 0.25) is 0 Å². The number of H-pyrrole nitrogens is 1. The average molecular weight is 249 g/mol. The Bertz CT molecular complexity index is 684. The van der Waals surface area contributed by atoms with Gasteiger partial charge in [-0.1, -0.05) is 6.07 Å². The molecule has 1 heterocycles. The zero-order valence-corrected chi connectivity index (χ0v) is 8.80. The third-order valence-corrected chi connectivity index (χ3v) is 2.47. The lowest BCUT2D eigenvalue weighted by Gasteiger charge is -1.95. The zero-order valence-electron chi connectivity index (χ0n) is 8.80. The molecule has 0 saturated heterocycles. The van der Waals surface area contributed by atoms with Crippen LogP contribution in [0.5, 0.6) is 0 Å². The van der Waals surface area contributed by atoms with Crippen molar-refractivity contribution in [1.82, 2.24) is 4.98 Å². The van der Waals surface area contributed by atoms with Gasteiger partial charge in [0.1, 0.15) is 5.69 Å². The van der Waals surface area contributed by atoms with Crippen LogP contribution in [0.4, 0.5) is 0 Å². The second-order valence-corrected chi connectivity index (χ2v) is 3.55. The van der Waals surface area contributed by atoms with Crippen LogP contribution in [-0.2, 0) is 0 Å². The summed E-state index contributed by atoms with van der Waals surface area (Å²) in [6, 6.07) is 3.68. The summed E-state index contributed by atoms with van der Waals surface area (Å²) in [6.07, 6.45) is 0. The number of carbonyl (C=O) groups is 3. The number of hydrogen-bond acceptors (Lipinski definition) is 3. The van der Waals surface area contributed by atoms with Crippen molar-refractivity contribution in [3.63, 3.8) is 0 Å². The van der Waals surface area contributed by atoms with Crippen molar-refractivity contribution in [3.8, 4) is 0 Å². The van der Waals surface area contributed by atoms with Crippen LogP contribution in [0.25, 0.3) is 10.9 Å². The molecule has 2 aromatic rings. The third-order valence-electron chi connectivity index (χ3n) is 2.47. The fourth-order valence-corrected chi connectivity index (χ4v) is 1.71. The lowest BCUT2D eigenvalue weighted by molar-refractivity contribution is 0.0650. The first-order valence-corrected chi connectivity index (χ1v) is 4.77. The number of aromatic carboxylic acids is 3. The highest BCUT2D eigenvalue weighted by Gasteiger charge is 2.22. The number of aromatic nitrogens is 1. The number of benzene rings is 1. The Morgan fingerprint density at radius 1 is 0.944 bits per heavy atom. The van der Waals surface area contributed by atoms with Gasteiger partial charge in [-0.25, -0.2) is 14.4 Å². The van der Waals surface area contributed by atoms with Gasteiger partial charge in [-0.3, -0.25) is 0 Å². The summed E-state index contributed by atoms with van der Waals surface area (Å²) < 4.78 is 0. The molecule has 0 spiro atoms. The van der Waals surface area contributed by atoms with E-state index in [0.29, 0.717) is 0 Å². The van der Waals surface area contributed by atoms with E-state index in [1.54, 1.807) is 0 Å². The number of carboxylic acid groups (broad SMARTS) is 3. The van der Waals surface area contributed by atoms with Gasteiger partial charge in [-0.15, -0.1) is 0 Å². The molecule has 0 amide bonds. The van der Waals surface area contributed by atoms with Gasteiger partial charge in [0.25, 0.3) is 0 Å². The molecule has 0 aliphatic carbocycles. The largest absolute Gasteiger partial charge is 0.478 e. The summed E-state index contributed by atoms with van der Waals surface area (Å²) in [6.45, 7) is 0. The van der Waals surface area contributed by atoms with Gasteiger partial charge in [0.15, 0.2) is 0 Å². The zero-order chi connectivity index (χ0) is 13.4. The van der Waals surface area contributed by atoms with Gasteiger partial charge in [0.05, 0.1) is 11.1 Å². The molecule has 2 rings (SSSR count). The predicted molar refractivity (Wildman–Crippen MR) is 59.2 cm³/mol. The van der Waals surface area contributed by atoms with Crippen LogP contribution in [-0.4, -0.2) is 38.2 Å². The van der Waals surface area contributed by atoms with Crippen molar-refractivity contribution >= 4 is 28.8 Å². The molecular formula is C11H7NO6. The van der Waals surface area contributed by atoms with E-state index in [1.165, 1.54) is 18.2 Å². The van der Waals surface area contributed by atoms with E-state index in [-0.39, 0.29) is 22.0 Å². The van der Waals surface area contributed by atoms with Gasteiger partial charge >= 0.3 is 17.9 Å². The number of rotatable bonds is 3. The van der Waals surface area contributed by atoms with Crippen LogP contribution < -0.4 is 0 Å². The summed E-state index contributed by atoms with van der Waals surface area (Å²) >= 11 is 0. The van der Waals surface area contributed by atoms with Crippen LogP contribution in [0.2, 0.25) is 0 Å². The van der Waals surface area contributed by atoms with Gasteiger partial charge in [-0.05, 0) is 12.1 Å².